The van der Waals surface area contributed by atoms with Crippen LogP contribution in [0.5, 0.6) is 0 Å². The van der Waals surface area contributed by atoms with Crippen molar-refractivity contribution in [1.82, 2.24) is 4.57 Å². The number of anilines is 1. The molecule has 5 heteroatoms. The predicted molar refractivity (Wildman–Crippen MR) is 90.4 cm³/mol. The van der Waals surface area contributed by atoms with E-state index < -0.39 is 5.97 Å². The summed E-state index contributed by atoms with van der Waals surface area (Å²) in [4.78, 5) is 10.8. The highest BCUT2D eigenvalue weighted by atomic mass is 16.4. The van der Waals surface area contributed by atoms with Gasteiger partial charge in [-0.1, -0.05) is 18.2 Å². The molecule has 0 radical (unpaired) electrons. The Balaban J connectivity index is 1.72. The fourth-order valence-electron chi connectivity index (χ4n) is 2.18. The molecular formula is C18H15N3O2. The van der Waals surface area contributed by atoms with E-state index in [2.05, 4.69) is 10.5 Å². The van der Waals surface area contributed by atoms with Crippen LogP contribution in [0, 0.1) is 0 Å². The van der Waals surface area contributed by atoms with Crippen LogP contribution in [-0.2, 0) is 0 Å². The maximum atomic E-state index is 10.8. The van der Waals surface area contributed by atoms with E-state index in [-0.39, 0.29) is 5.56 Å². The highest BCUT2D eigenvalue weighted by Gasteiger charge is 2.02. The summed E-state index contributed by atoms with van der Waals surface area (Å²) in [7, 11) is 0. The summed E-state index contributed by atoms with van der Waals surface area (Å²) in [6, 6.07) is 20.3. The standard InChI is InChI=1S/C18H15N3O2/c22-18(23)14-8-10-15(11-9-14)20-19-13-17-7-4-12-21(17)16-5-2-1-3-6-16/h1-13,20H,(H,22,23). The molecule has 0 saturated carbocycles. The van der Waals surface area contributed by atoms with E-state index in [1.54, 1.807) is 18.3 Å². The number of rotatable bonds is 5. The van der Waals surface area contributed by atoms with Crippen LogP contribution >= 0.6 is 0 Å². The van der Waals surface area contributed by atoms with Crippen LogP contribution in [0.15, 0.2) is 78.0 Å². The van der Waals surface area contributed by atoms with Crippen LogP contribution in [0.1, 0.15) is 16.1 Å². The van der Waals surface area contributed by atoms with Gasteiger partial charge in [0, 0.05) is 11.9 Å². The van der Waals surface area contributed by atoms with Gasteiger partial charge in [0.15, 0.2) is 0 Å². The molecule has 0 aliphatic carbocycles. The Hall–Kier alpha value is -3.34. The van der Waals surface area contributed by atoms with Gasteiger partial charge in [-0.25, -0.2) is 4.79 Å². The summed E-state index contributed by atoms with van der Waals surface area (Å²) in [5.74, 6) is -0.944. The average molecular weight is 305 g/mol. The van der Waals surface area contributed by atoms with Crippen molar-refractivity contribution in [3.05, 3.63) is 84.2 Å². The Bertz CT molecular complexity index is 821. The van der Waals surface area contributed by atoms with Gasteiger partial charge in [0.25, 0.3) is 0 Å². The van der Waals surface area contributed by atoms with Gasteiger partial charge in [0.05, 0.1) is 23.2 Å². The molecule has 1 aromatic heterocycles. The molecule has 0 fully saturated rings. The maximum absolute atomic E-state index is 10.8. The number of carbonyl (C=O) groups is 1. The van der Waals surface area contributed by atoms with Crippen LogP contribution in [0.4, 0.5) is 5.69 Å². The number of carboxylic acids is 1. The van der Waals surface area contributed by atoms with Crippen molar-refractivity contribution >= 4 is 17.9 Å². The molecule has 3 rings (SSSR count). The Morgan fingerprint density at radius 3 is 2.43 bits per heavy atom. The molecule has 0 bridgehead atoms. The Kier molecular flexibility index (Phi) is 4.20. The van der Waals surface area contributed by atoms with Gasteiger partial charge < -0.3 is 9.67 Å². The number of benzene rings is 2. The molecule has 5 nitrogen and oxygen atoms in total. The minimum Gasteiger partial charge on any atom is -0.478 e. The van der Waals surface area contributed by atoms with Gasteiger partial charge in [-0.15, -0.1) is 0 Å². The molecule has 2 N–H and O–H groups in total. The van der Waals surface area contributed by atoms with Crippen LogP contribution in [0.25, 0.3) is 5.69 Å². The molecule has 0 amide bonds. The minimum atomic E-state index is -0.944. The largest absolute Gasteiger partial charge is 0.478 e. The lowest BCUT2D eigenvalue weighted by Gasteiger charge is -2.05. The number of nitrogens with one attached hydrogen (secondary N) is 1. The monoisotopic (exact) mass is 305 g/mol. The van der Waals surface area contributed by atoms with Crippen LogP contribution in [-0.4, -0.2) is 21.9 Å². The summed E-state index contributed by atoms with van der Waals surface area (Å²) in [5.41, 5.74) is 5.86. The maximum Gasteiger partial charge on any atom is 0.335 e. The van der Waals surface area contributed by atoms with E-state index >= 15 is 0 Å². The number of hydrazone groups is 1. The average Bonchev–Trinajstić information content (AvgIpc) is 3.05. The second-order valence-electron chi connectivity index (χ2n) is 4.89. The molecule has 2 aromatic carbocycles. The summed E-state index contributed by atoms with van der Waals surface area (Å²) >= 11 is 0. The van der Waals surface area contributed by atoms with Crippen molar-refractivity contribution < 1.29 is 9.90 Å². The molecule has 23 heavy (non-hydrogen) atoms. The van der Waals surface area contributed by atoms with Crippen molar-refractivity contribution in [3.8, 4) is 5.69 Å². The molecule has 0 spiro atoms. The van der Waals surface area contributed by atoms with Gasteiger partial charge in [0.1, 0.15) is 0 Å². The Labute approximate surface area is 133 Å². The first-order valence-electron chi connectivity index (χ1n) is 7.09. The van der Waals surface area contributed by atoms with Crippen molar-refractivity contribution in [2.45, 2.75) is 0 Å². The lowest BCUT2D eigenvalue weighted by molar-refractivity contribution is 0.0697. The number of hydrogen-bond donors (Lipinski definition) is 2. The van der Waals surface area contributed by atoms with Gasteiger partial charge >= 0.3 is 5.97 Å². The highest BCUT2D eigenvalue weighted by molar-refractivity contribution is 5.88. The van der Waals surface area contributed by atoms with E-state index in [0.29, 0.717) is 0 Å². The molecule has 0 saturated heterocycles. The topological polar surface area (TPSA) is 66.6 Å². The number of aromatic carboxylic acids is 1. The predicted octanol–water partition coefficient (Wildman–Crippen LogP) is 3.62. The van der Waals surface area contributed by atoms with Gasteiger partial charge in [-0.2, -0.15) is 5.10 Å². The molecule has 1 heterocycles. The normalized spacial score (nSPS) is 10.8. The first kappa shape index (κ1) is 14.6. The van der Waals surface area contributed by atoms with Crippen molar-refractivity contribution in [2.75, 3.05) is 5.43 Å². The van der Waals surface area contributed by atoms with Gasteiger partial charge in [0.2, 0.25) is 0 Å². The summed E-state index contributed by atoms with van der Waals surface area (Å²) in [5, 5.41) is 13.1. The third kappa shape index (κ3) is 3.47. The smallest absolute Gasteiger partial charge is 0.335 e. The summed E-state index contributed by atoms with van der Waals surface area (Å²) < 4.78 is 2.03. The lowest BCUT2D eigenvalue weighted by atomic mass is 10.2. The first-order chi connectivity index (χ1) is 11.2. The quantitative estimate of drug-likeness (QED) is 0.559. The highest BCUT2D eigenvalue weighted by Crippen LogP contribution is 2.12. The number of hydrogen-bond acceptors (Lipinski definition) is 3. The van der Waals surface area contributed by atoms with Crippen LogP contribution in [0.2, 0.25) is 0 Å². The molecular weight excluding hydrogens is 290 g/mol. The van der Waals surface area contributed by atoms with Crippen molar-refractivity contribution in [2.24, 2.45) is 5.10 Å². The van der Waals surface area contributed by atoms with E-state index in [9.17, 15) is 4.79 Å². The minimum absolute atomic E-state index is 0.248. The third-order valence-electron chi connectivity index (χ3n) is 3.34. The fourth-order valence-corrected chi connectivity index (χ4v) is 2.18. The van der Waals surface area contributed by atoms with Gasteiger partial charge in [-0.05, 0) is 48.5 Å². The first-order valence-corrected chi connectivity index (χ1v) is 7.09. The van der Waals surface area contributed by atoms with E-state index in [1.807, 2.05) is 53.2 Å². The van der Waals surface area contributed by atoms with Gasteiger partial charge in [-0.3, -0.25) is 5.43 Å². The van der Waals surface area contributed by atoms with Crippen LogP contribution < -0.4 is 5.43 Å². The molecule has 3 aromatic rings. The zero-order chi connectivity index (χ0) is 16.1. The summed E-state index contributed by atoms with van der Waals surface area (Å²) in [6.45, 7) is 0. The zero-order valence-corrected chi connectivity index (χ0v) is 12.3. The molecule has 0 atom stereocenters. The number of para-hydroxylation sites is 1. The van der Waals surface area contributed by atoms with E-state index in [1.165, 1.54) is 12.1 Å². The number of carboxylic acid groups (broad SMARTS) is 1. The molecule has 114 valence electrons. The number of nitrogens with zero attached hydrogens (tertiary/aromatic N) is 2. The fraction of sp³-hybridized carbons (Fsp3) is 0. The molecule has 0 aliphatic rings. The van der Waals surface area contributed by atoms with Crippen molar-refractivity contribution in [3.63, 3.8) is 0 Å². The Morgan fingerprint density at radius 1 is 1.00 bits per heavy atom. The Morgan fingerprint density at radius 2 is 1.74 bits per heavy atom. The SMILES string of the molecule is O=C(O)c1ccc(NN=Cc2cccn2-c2ccccc2)cc1. The molecule has 0 aliphatic heterocycles. The molecule has 0 unspecified atom stereocenters. The zero-order valence-electron chi connectivity index (χ0n) is 12.3. The second kappa shape index (κ2) is 6.62. The summed E-state index contributed by atoms with van der Waals surface area (Å²) in [6.07, 6.45) is 3.69. The third-order valence-corrected chi connectivity index (χ3v) is 3.34. The van der Waals surface area contributed by atoms with Crippen molar-refractivity contribution in [1.29, 1.82) is 0 Å². The number of aromatic nitrogens is 1. The van der Waals surface area contributed by atoms with E-state index in [0.717, 1.165) is 17.1 Å². The lowest BCUT2D eigenvalue weighted by Crippen LogP contribution is -1.99. The second-order valence-corrected chi connectivity index (χ2v) is 4.89. The van der Waals surface area contributed by atoms with E-state index in [4.69, 9.17) is 5.11 Å². The van der Waals surface area contributed by atoms with Crippen LogP contribution in [0.3, 0.4) is 0 Å².